The van der Waals surface area contributed by atoms with Crippen LogP contribution in [0.5, 0.6) is 0 Å². The molecule has 0 radical (unpaired) electrons. The van der Waals surface area contributed by atoms with Crippen LogP contribution < -0.4 is 0 Å². The van der Waals surface area contributed by atoms with Crippen molar-refractivity contribution in [1.29, 1.82) is 0 Å². The van der Waals surface area contributed by atoms with Crippen LogP contribution in [0, 0.1) is 28.6 Å². The van der Waals surface area contributed by atoms with E-state index in [-0.39, 0.29) is 67.0 Å². The zero-order valence-electron chi connectivity index (χ0n) is 23.3. The van der Waals surface area contributed by atoms with Crippen LogP contribution in [0.15, 0.2) is 42.0 Å². The van der Waals surface area contributed by atoms with E-state index in [1.807, 2.05) is 37.3 Å². The second-order valence-electron chi connectivity index (χ2n) is 12.5. The Morgan fingerprint density at radius 1 is 0.950 bits per heavy atom. The van der Waals surface area contributed by atoms with E-state index >= 15 is 0 Å². The van der Waals surface area contributed by atoms with Crippen LogP contribution in [-0.2, 0) is 40.1 Å². The van der Waals surface area contributed by atoms with Gasteiger partial charge in [0.1, 0.15) is 18.0 Å². The molecule has 0 bridgehead atoms. The Morgan fingerprint density at radius 3 is 2.38 bits per heavy atom. The summed E-state index contributed by atoms with van der Waals surface area (Å²) in [7, 11) is 0. The SMILES string of the molecule is C[C@]12CCC(=O)C=C1CC[C@@H]1C2C(=O)C[C@@]2(C)C1CC[C@]2(O)C(=O)COC(=O)CCC(=O)OCc1ccccc1. The molecule has 0 aromatic heterocycles. The van der Waals surface area contributed by atoms with E-state index in [0.717, 1.165) is 24.0 Å². The fourth-order valence-corrected chi connectivity index (χ4v) is 8.20. The summed E-state index contributed by atoms with van der Waals surface area (Å²) in [6.07, 6.45) is 4.84. The third-order valence-electron chi connectivity index (χ3n) is 10.4. The van der Waals surface area contributed by atoms with Gasteiger partial charge in [0.2, 0.25) is 5.78 Å². The smallest absolute Gasteiger partial charge is 0.306 e. The predicted octanol–water partition coefficient (Wildman–Crippen LogP) is 4.06. The molecule has 2 unspecified atom stereocenters. The number of carbonyl (C=O) groups excluding carboxylic acids is 5. The molecule has 0 amide bonds. The number of benzene rings is 1. The van der Waals surface area contributed by atoms with Crippen molar-refractivity contribution >= 4 is 29.3 Å². The Balaban J connectivity index is 1.18. The normalized spacial score (nSPS) is 34.7. The second-order valence-corrected chi connectivity index (χ2v) is 12.5. The molecule has 8 heteroatoms. The number of ether oxygens (including phenoxy) is 2. The van der Waals surface area contributed by atoms with Crippen molar-refractivity contribution in [2.75, 3.05) is 6.61 Å². The summed E-state index contributed by atoms with van der Waals surface area (Å²) in [5.41, 5.74) is -1.16. The van der Waals surface area contributed by atoms with Crippen LogP contribution in [0.2, 0.25) is 0 Å². The Labute approximate surface area is 234 Å². The molecule has 3 saturated carbocycles. The maximum atomic E-state index is 13.7. The molecule has 0 spiro atoms. The lowest BCUT2D eigenvalue weighted by Crippen LogP contribution is -2.61. The highest BCUT2D eigenvalue weighted by Gasteiger charge is 2.68. The van der Waals surface area contributed by atoms with Gasteiger partial charge < -0.3 is 14.6 Å². The van der Waals surface area contributed by atoms with E-state index in [1.54, 1.807) is 6.08 Å². The van der Waals surface area contributed by atoms with Gasteiger partial charge in [0.25, 0.3) is 0 Å². The second kappa shape index (κ2) is 10.7. The number of esters is 2. The average molecular weight is 551 g/mol. The average Bonchev–Trinajstić information content (AvgIpc) is 3.20. The van der Waals surface area contributed by atoms with E-state index in [9.17, 15) is 29.1 Å². The summed E-state index contributed by atoms with van der Waals surface area (Å²) in [4.78, 5) is 63.4. The van der Waals surface area contributed by atoms with E-state index in [2.05, 4.69) is 6.92 Å². The van der Waals surface area contributed by atoms with Gasteiger partial charge in [-0.1, -0.05) is 49.8 Å². The van der Waals surface area contributed by atoms with Crippen molar-refractivity contribution in [3.8, 4) is 0 Å². The lowest BCUT2D eigenvalue weighted by atomic mass is 9.46. The van der Waals surface area contributed by atoms with Crippen LogP contribution in [-0.4, -0.2) is 46.6 Å². The fourth-order valence-electron chi connectivity index (χ4n) is 8.20. The first-order valence-electron chi connectivity index (χ1n) is 14.4. The van der Waals surface area contributed by atoms with Gasteiger partial charge in [-0.2, -0.15) is 0 Å². The van der Waals surface area contributed by atoms with Crippen LogP contribution in [0.1, 0.15) is 77.2 Å². The molecule has 4 aliphatic rings. The van der Waals surface area contributed by atoms with Crippen molar-refractivity contribution < 1.29 is 38.6 Å². The third-order valence-corrected chi connectivity index (χ3v) is 10.4. The summed E-state index contributed by atoms with van der Waals surface area (Å²) in [5.74, 6) is -1.90. The standard InChI is InChI=1S/C32H38O8/c1-30-14-12-22(33)16-21(30)8-9-23-24-13-15-32(38,31(24,2)17-25(34)29(23)30)26(35)19-40-28(37)11-10-27(36)39-18-20-6-4-3-5-7-20/h3-7,16,23-24,29,38H,8-15,17-19H2,1-2H3/t23-,24?,29?,30-,31-,32-/m0/s1. The minimum Gasteiger partial charge on any atom is -0.461 e. The highest BCUT2D eigenvalue weighted by Crippen LogP contribution is 2.66. The number of hydrogen-bond donors (Lipinski definition) is 1. The molecule has 214 valence electrons. The zero-order chi connectivity index (χ0) is 28.7. The Kier molecular flexibility index (Phi) is 7.59. The Hall–Kier alpha value is -3.13. The topological polar surface area (TPSA) is 124 Å². The summed E-state index contributed by atoms with van der Waals surface area (Å²) < 4.78 is 10.3. The number of allylic oxidation sites excluding steroid dienone is 1. The molecule has 5 rings (SSSR count). The van der Waals surface area contributed by atoms with Crippen LogP contribution in [0.25, 0.3) is 0 Å². The summed E-state index contributed by atoms with van der Waals surface area (Å²) in [5, 5.41) is 11.7. The molecule has 0 heterocycles. The fraction of sp³-hybridized carbons (Fsp3) is 0.594. The summed E-state index contributed by atoms with van der Waals surface area (Å²) in [6, 6.07) is 9.18. The predicted molar refractivity (Wildman–Crippen MR) is 143 cm³/mol. The van der Waals surface area contributed by atoms with Crippen molar-refractivity contribution in [3.05, 3.63) is 47.5 Å². The van der Waals surface area contributed by atoms with Crippen molar-refractivity contribution in [1.82, 2.24) is 0 Å². The highest BCUT2D eigenvalue weighted by atomic mass is 16.5. The lowest BCUT2D eigenvalue weighted by molar-refractivity contribution is -0.174. The van der Waals surface area contributed by atoms with E-state index < -0.39 is 35.3 Å². The molecule has 1 aromatic carbocycles. The van der Waals surface area contributed by atoms with Crippen LogP contribution >= 0.6 is 0 Å². The highest BCUT2D eigenvalue weighted by molar-refractivity contribution is 5.95. The maximum Gasteiger partial charge on any atom is 0.306 e. The number of ketones is 3. The number of aliphatic hydroxyl groups is 1. The van der Waals surface area contributed by atoms with Gasteiger partial charge in [-0.25, -0.2) is 0 Å². The van der Waals surface area contributed by atoms with E-state index in [0.29, 0.717) is 19.3 Å². The van der Waals surface area contributed by atoms with Gasteiger partial charge >= 0.3 is 11.9 Å². The van der Waals surface area contributed by atoms with Crippen molar-refractivity contribution in [2.45, 2.75) is 83.8 Å². The van der Waals surface area contributed by atoms with Gasteiger partial charge in [-0.05, 0) is 61.0 Å². The maximum absolute atomic E-state index is 13.7. The van der Waals surface area contributed by atoms with Gasteiger partial charge in [0.05, 0.1) is 12.8 Å². The number of fused-ring (bicyclic) bond motifs is 5. The van der Waals surface area contributed by atoms with Gasteiger partial charge in [0, 0.05) is 24.2 Å². The zero-order valence-corrected chi connectivity index (χ0v) is 23.3. The molecule has 40 heavy (non-hydrogen) atoms. The van der Waals surface area contributed by atoms with E-state index in [1.165, 1.54) is 0 Å². The Bertz CT molecular complexity index is 1250. The molecular weight excluding hydrogens is 512 g/mol. The number of carbonyl (C=O) groups is 5. The van der Waals surface area contributed by atoms with Crippen LogP contribution in [0.3, 0.4) is 0 Å². The molecular formula is C32H38O8. The van der Waals surface area contributed by atoms with Crippen LogP contribution in [0.4, 0.5) is 0 Å². The minimum absolute atomic E-state index is 0.0183. The molecule has 0 saturated heterocycles. The minimum atomic E-state index is -1.77. The first-order chi connectivity index (χ1) is 19.0. The molecule has 6 atom stereocenters. The third kappa shape index (κ3) is 4.84. The largest absolute Gasteiger partial charge is 0.461 e. The number of Topliss-reactive ketones (excluding diaryl/α,β-unsaturated/α-hetero) is 2. The molecule has 1 N–H and O–H groups in total. The first-order valence-corrected chi connectivity index (χ1v) is 14.4. The summed E-state index contributed by atoms with van der Waals surface area (Å²) >= 11 is 0. The molecule has 3 fully saturated rings. The molecule has 4 aliphatic carbocycles. The molecule has 1 aromatic rings. The van der Waals surface area contributed by atoms with Gasteiger partial charge in [-0.15, -0.1) is 0 Å². The Morgan fingerprint density at radius 2 is 1.65 bits per heavy atom. The number of hydrogen-bond acceptors (Lipinski definition) is 8. The monoisotopic (exact) mass is 550 g/mol. The molecule has 8 nitrogen and oxygen atoms in total. The quantitative estimate of drug-likeness (QED) is 0.481. The van der Waals surface area contributed by atoms with Crippen molar-refractivity contribution in [2.24, 2.45) is 28.6 Å². The van der Waals surface area contributed by atoms with Gasteiger partial charge in [0.15, 0.2) is 12.4 Å². The first kappa shape index (κ1) is 28.4. The van der Waals surface area contributed by atoms with E-state index in [4.69, 9.17) is 9.47 Å². The summed E-state index contributed by atoms with van der Waals surface area (Å²) in [6.45, 7) is 3.44. The molecule has 0 aliphatic heterocycles. The lowest BCUT2D eigenvalue weighted by Gasteiger charge is -2.57. The number of rotatable bonds is 8. The van der Waals surface area contributed by atoms with Gasteiger partial charge in [-0.3, -0.25) is 24.0 Å². The van der Waals surface area contributed by atoms with Crippen molar-refractivity contribution in [3.63, 3.8) is 0 Å².